The molecule has 0 heterocycles. The molecule has 1 aromatic rings. The Kier molecular flexibility index (Phi) is 3.14. The summed E-state index contributed by atoms with van der Waals surface area (Å²) in [5.74, 6) is -0.232. The minimum absolute atomic E-state index is 0.213. The van der Waals surface area contributed by atoms with Crippen molar-refractivity contribution in [2.24, 2.45) is 0 Å². The minimum Gasteiger partial charge on any atom is -0.399 e. The standard InChI is InChI=1S/C10H15FN4/c1-14-9-7(10(13)15(2)3)4-6(12)5-8(9)11/h4-5,13-14H,12H2,1-3H3. The number of nitrogens with two attached hydrogens (primary N) is 1. The average molecular weight is 210 g/mol. The monoisotopic (exact) mass is 210 g/mol. The van der Waals surface area contributed by atoms with Crippen LogP contribution in [0.2, 0.25) is 0 Å². The molecule has 0 unspecified atom stereocenters. The summed E-state index contributed by atoms with van der Waals surface area (Å²) in [4.78, 5) is 1.59. The zero-order chi connectivity index (χ0) is 11.6. The first-order valence-electron chi connectivity index (χ1n) is 4.50. The molecule has 0 amide bonds. The Labute approximate surface area is 88.4 Å². The van der Waals surface area contributed by atoms with Gasteiger partial charge >= 0.3 is 0 Å². The number of hydrogen-bond acceptors (Lipinski definition) is 3. The summed E-state index contributed by atoms with van der Waals surface area (Å²) in [6, 6.07) is 2.82. The van der Waals surface area contributed by atoms with Gasteiger partial charge in [-0.3, -0.25) is 5.41 Å². The normalized spacial score (nSPS) is 9.87. The Morgan fingerprint density at radius 3 is 2.53 bits per heavy atom. The van der Waals surface area contributed by atoms with Crippen LogP contribution in [0.1, 0.15) is 5.56 Å². The van der Waals surface area contributed by atoms with Crippen molar-refractivity contribution in [3.63, 3.8) is 0 Å². The summed E-state index contributed by atoms with van der Waals surface area (Å²) < 4.78 is 13.5. The van der Waals surface area contributed by atoms with Crippen molar-refractivity contribution in [2.45, 2.75) is 0 Å². The van der Waals surface area contributed by atoms with Crippen LogP contribution in [-0.2, 0) is 0 Å². The summed E-state index contributed by atoms with van der Waals surface area (Å²) >= 11 is 0. The highest BCUT2D eigenvalue weighted by molar-refractivity contribution is 6.02. The molecule has 0 aromatic heterocycles. The number of anilines is 2. The van der Waals surface area contributed by atoms with E-state index in [4.69, 9.17) is 11.1 Å². The molecule has 1 rings (SSSR count). The topological polar surface area (TPSA) is 65.1 Å². The van der Waals surface area contributed by atoms with Crippen LogP contribution < -0.4 is 11.1 Å². The van der Waals surface area contributed by atoms with Crippen LogP contribution in [0.25, 0.3) is 0 Å². The summed E-state index contributed by atoms with van der Waals surface area (Å²) in [6.45, 7) is 0. The molecule has 0 aliphatic carbocycles. The Morgan fingerprint density at radius 2 is 2.07 bits per heavy atom. The van der Waals surface area contributed by atoms with E-state index < -0.39 is 5.82 Å². The summed E-state index contributed by atoms with van der Waals surface area (Å²) in [7, 11) is 5.06. The molecule has 1 aromatic carbocycles. The van der Waals surface area contributed by atoms with E-state index in [1.165, 1.54) is 6.07 Å². The number of hydrogen-bond donors (Lipinski definition) is 3. The number of nitrogens with zero attached hydrogens (tertiary/aromatic N) is 1. The van der Waals surface area contributed by atoms with Crippen molar-refractivity contribution in [1.29, 1.82) is 5.41 Å². The van der Waals surface area contributed by atoms with Gasteiger partial charge in [-0.25, -0.2) is 4.39 Å². The van der Waals surface area contributed by atoms with Gasteiger partial charge in [-0.05, 0) is 12.1 Å². The maximum absolute atomic E-state index is 13.5. The van der Waals surface area contributed by atoms with Gasteiger partial charge < -0.3 is 16.0 Å². The van der Waals surface area contributed by atoms with Gasteiger partial charge in [-0.2, -0.15) is 0 Å². The fourth-order valence-electron chi connectivity index (χ4n) is 1.31. The molecular weight excluding hydrogens is 195 g/mol. The van der Waals surface area contributed by atoms with Gasteiger partial charge in [0.25, 0.3) is 0 Å². The predicted octanol–water partition coefficient (Wildman–Crippen LogP) is 1.34. The average Bonchev–Trinajstić information content (AvgIpc) is 2.15. The van der Waals surface area contributed by atoms with Crippen LogP contribution in [0.15, 0.2) is 12.1 Å². The molecule has 0 saturated carbocycles. The quantitative estimate of drug-likeness (QED) is 0.392. The van der Waals surface area contributed by atoms with E-state index in [0.717, 1.165) is 0 Å². The SMILES string of the molecule is CNc1c(F)cc(N)cc1C(=N)N(C)C. The molecule has 0 spiro atoms. The Hall–Kier alpha value is -1.78. The van der Waals surface area contributed by atoms with Crippen molar-refractivity contribution in [1.82, 2.24) is 4.90 Å². The number of benzene rings is 1. The molecule has 0 bridgehead atoms. The van der Waals surface area contributed by atoms with Crippen molar-refractivity contribution in [3.05, 3.63) is 23.5 Å². The second-order valence-corrected chi connectivity index (χ2v) is 3.42. The summed E-state index contributed by atoms with van der Waals surface area (Å²) in [5, 5.41) is 10.5. The molecule has 4 nitrogen and oxygen atoms in total. The van der Waals surface area contributed by atoms with E-state index in [0.29, 0.717) is 16.9 Å². The third-order valence-corrected chi connectivity index (χ3v) is 2.06. The molecule has 0 aliphatic heterocycles. The van der Waals surface area contributed by atoms with Gasteiger partial charge in [0.2, 0.25) is 0 Å². The zero-order valence-corrected chi connectivity index (χ0v) is 9.06. The second kappa shape index (κ2) is 4.16. The highest BCUT2D eigenvalue weighted by Crippen LogP contribution is 2.23. The van der Waals surface area contributed by atoms with Crippen LogP contribution in [0.4, 0.5) is 15.8 Å². The highest BCUT2D eigenvalue weighted by atomic mass is 19.1. The lowest BCUT2D eigenvalue weighted by Crippen LogP contribution is -2.23. The molecular formula is C10H15FN4. The van der Waals surface area contributed by atoms with Crippen LogP contribution in [0, 0.1) is 11.2 Å². The van der Waals surface area contributed by atoms with Gasteiger partial charge in [0.1, 0.15) is 11.7 Å². The van der Waals surface area contributed by atoms with Crippen LogP contribution in [-0.4, -0.2) is 31.9 Å². The third-order valence-electron chi connectivity index (χ3n) is 2.06. The van der Waals surface area contributed by atoms with Crippen molar-refractivity contribution in [2.75, 3.05) is 32.2 Å². The van der Waals surface area contributed by atoms with E-state index in [-0.39, 0.29) is 5.84 Å². The first kappa shape index (κ1) is 11.3. The number of amidine groups is 1. The Bertz CT molecular complexity index is 387. The molecule has 4 N–H and O–H groups in total. The van der Waals surface area contributed by atoms with Gasteiger partial charge in [-0.1, -0.05) is 0 Å². The number of nitrogen functional groups attached to an aromatic ring is 1. The first-order valence-corrected chi connectivity index (χ1v) is 4.50. The second-order valence-electron chi connectivity index (χ2n) is 3.42. The number of rotatable bonds is 2. The molecule has 15 heavy (non-hydrogen) atoms. The van der Waals surface area contributed by atoms with Gasteiger partial charge in [-0.15, -0.1) is 0 Å². The molecule has 0 radical (unpaired) electrons. The Balaban J connectivity index is 3.32. The van der Waals surface area contributed by atoms with E-state index >= 15 is 0 Å². The van der Waals surface area contributed by atoms with E-state index in [9.17, 15) is 4.39 Å². The summed E-state index contributed by atoms with van der Waals surface area (Å²) in [5.41, 5.74) is 6.60. The first-order chi connectivity index (χ1) is 6.97. The molecule has 5 heteroatoms. The lowest BCUT2D eigenvalue weighted by molar-refractivity contribution is 0.614. The van der Waals surface area contributed by atoms with E-state index in [1.807, 2.05) is 0 Å². The smallest absolute Gasteiger partial charge is 0.149 e. The van der Waals surface area contributed by atoms with E-state index in [2.05, 4.69) is 5.32 Å². The molecule has 0 aliphatic rings. The summed E-state index contributed by atoms with van der Waals surface area (Å²) in [6.07, 6.45) is 0. The predicted molar refractivity (Wildman–Crippen MR) is 60.9 cm³/mol. The maximum Gasteiger partial charge on any atom is 0.149 e. The Morgan fingerprint density at radius 1 is 1.47 bits per heavy atom. The molecule has 0 atom stereocenters. The van der Waals surface area contributed by atoms with Gasteiger partial charge in [0.15, 0.2) is 0 Å². The lowest BCUT2D eigenvalue weighted by Gasteiger charge is -2.17. The third kappa shape index (κ3) is 2.18. The van der Waals surface area contributed by atoms with Gasteiger partial charge in [0, 0.05) is 32.4 Å². The van der Waals surface area contributed by atoms with Crippen LogP contribution in [0.5, 0.6) is 0 Å². The van der Waals surface area contributed by atoms with Gasteiger partial charge in [0.05, 0.1) is 5.69 Å². The maximum atomic E-state index is 13.5. The van der Waals surface area contributed by atoms with Crippen molar-refractivity contribution >= 4 is 17.2 Å². The molecule has 0 fully saturated rings. The zero-order valence-electron chi connectivity index (χ0n) is 9.06. The van der Waals surface area contributed by atoms with Crippen molar-refractivity contribution < 1.29 is 4.39 Å². The fraction of sp³-hybridized carbons (Fsp3) is 0.300. The number of halogens is 1. The molecule has 0 saturated heterocycles. The van der Waals surface area contributed by atoms with E-state index in [1.54, 1.807) is 32.1 Å². The number of nitrogens with one attached hydrogen (secondary N) is 2. The minimum atomic E-state index is -0.445. The molecule has 82 valence electrons. The highest BCUT2D eigenvalue weighted by Gasteiger charge is 2.13. The lowest BCUT2D eigenvalue weighted by atomic mass is 10.1. The largest absolute Gasteiger partial charge is 0.399 e. The van der Waals surface area contributed by atoms with Crippen molar-refractivity contribution in [3.8, 4) is 0 Å². The fourth-order valence-corrected chi connectivity index (χ4v) is 1.31. The van der Waals surface area contributed by atoms with Crippen LogP contribution >= 0.6 is 0 Å². The van der Waals surface area contributed by atoms with Crippen LogP contribution in [0.3, 0.4) is 0 Å².